The first kappa shape index (κ1) is 25.6. The minimum atomic E-state index is -0.361. The third-order valence-corrected chi connectivity index (χ3v) is 8.15. The molecule has 0 aliphatic carbocycles. The Bertz CT molecular complexity index is 1880. The van der Waals surface area contributed by atoms with Crippen molar-refractivity contribution in [3.05, 3.63) is 107 Å². The molecule has 2 N–H and O–H groups in total. The van der Waals surface area contributed by atoms with E-state index in [4.69, 9.17) is 0 Å². The summed E-state index contributed by atoms with van der Waals surface area (Å²) < 4.78 is 16.1. The van der Waals surface area contributed by atoms with Crippen molar-refractivity contribution >= 4 is 45.0 Å². The second kappa shape index (κ2) is 10.5. The van der Waals surface area contributed by atoms with Crippen LogP contribution >= 0.6 is 11.3 Å². The largest absolute Gasteiger partial charge is 0.365 e. The molecule has 1 atom stereocenters. The van der Waals surface area contributed by atoms with Crippen LogP contribution in [0.2, 0.25) is 0 Å². The number of pyridine rings is 2. The van der Waals surface area contributed by atoms with Crippen LogP contribution in [-0.4, -0.2) is 25.4 Å². The van der Waals surface area contributed by atoms with Crippen molar-refractivity contribution in [2.75, 3.05) is 5.32 Å². The number of fused-ring (bicyclic) bond motifs is 3. The molecule has 0 spiro atoms. The first-order valence-electron chi connectivity index (χ1n) is 12.9. The fourth-order valence-corrected chi connectivity index (χ4v) is 5.70. The third kappa shape index (κ3) is 4.91. The number of carbonyl (C=O) groups is 1. The molecule has 0 bridgehead atoms. The van der Waals surface area contributed by atoms with Gasteiger partial charge in [0.1, 0.15) is 17.2 Å². The molecule has 0 fully saturated rings. The average Bonchev–Trinajstić information content (AvgIpc) is 3.60. The van der Waals surface area contributed by atoms with Crippen LogP contribution in [0.4, 0.5) is 10.2 Å². The van der Waals surface area contributed by atoms with Gasteiger partial charge in [0.05, 0.1) is 41.7 Å². The van der Waals surface area contributed by atoms with Gasteiger partial charge in [-0.25, -0.2) is 14.4 Å². The van der Waals surface area contributed by atoms with E-state index in [0.717, 1.165) is 37.3 Å². The molecular weight excluding hydrogens is 523 g/mol. The monoisotopic (exact) mass is 550 g/mol. The van der Waals surface area contributed by atoms with E-state index in [1.807, 2.05) is 37.0 Å². The maximum Gasteiger partial charge on any atom is 0.255 e. The number of anilines is 1. The molecule has 0 aliphatic heterocycles. The SMILES string of the molecule is Cc1ccc([C@H](C)NC(=O)c2cccnc2NCc2ccc(-c3ccc4ncc5ncn(C)c5c4c3)s2)cc1F. The Balaban J connectivity index is 1.18. The van der Waals surface area contributed by atoms with Gasteiger partial charge < -0.3 is 15.2 Å². The van der Waals surface area contributed by atoms with Crippen molar-refractivity contribution in [1.29, 1.82) is 0 Å². The van der Waals surface area contributed by atoms with Gasteiger partial charge in [0.15, 0.2) is 0 Å². The minimum Gasteiger partial charge on any atom is -0.365 e. The van der Waals surface area contributed by atoms with E-state index < -0.39 is 0 Å². The molecule has 2 aromatic carbocycles. The van der Waals surface area contributed by atoms with E-state index in [1.54, 1.807) is 48.9 Å². The first-order valence-corrected chi connectivity index (χ1v) is 13.7. The summed E-state index contributed by atoms with van der Waals surface area (Å²) in [6.07, 6.45) is 5.27. The second-order valence-electron chi connectivity index (χ2n) is 9.80. The van der Waals surface area contributed by atoms with Crippen molar-refractivity contribution in [3.63, 3.8) is 0 Å². The molecule has 0 aliphatic rings. The lowest BCUT2D eigenvalue weighted by Crippen LogP contribution is -2.27. The molecule has 0 saturated heterocycles. The van der Waals surface area contributed by atoms with E-state index in [2.05, 4.69) is 49.9 Å². The normalized spacial score (nSPS) is 12.1. The lowest BCUT2D eigenvalue weighted by Gasteiger charge is -2.16. The summed E-state index contributed by atoms with van der Waals surface area (Å²) in [5.41, 5.74) is 5.68. The molecule has 0 radical (unpaired) electrons. The molecule has 6 rings (SSSR count). The van der Waals surface area contributed by atoms with E-state index in [-0.39, 0.29) is 17.8 Å². The molecule has 7 nitrogen and oxygen atoms in total. The Morgan fingerprint density at radius 3 is 2.77 bits per heavy atom. The minimum absolute atomic E-state index is 0.276. The van der Waals surface area contributed by atoms with Crippen LogP contribution in [0.25, 0.3) is 32.4 Å². The Morgan fingerprint density at radius 1 is 1.05 bits per heavy atom. The van der Waals surface area contributed by atoms with Crippen molar-refractivity contribution in [3.8, 4) is 10.4 Å². The Morgan fingerprint density at radius 2 is 1.93 bits per heavy atom. The zero-order chi connectivity index (χ0) is 27.8. The molecule has 1 amide bonds. The van der Waals surface area contributed by atoms with Gasteiger partial charge >= 0.3 is 0 Å². The van der Waals surface area contributed by atoms with Crippen LogP contribution < -0.4 is 10.6 Å². The zero-order valence-electron chi connectivity index (χ0n) is 22.3. The molecule has 40 heavy (non-hydrogen) atoms. The highest BCUT2D eigenvalue weighted by atomic mass is 32.1. The lowest BCUT2D eigenvalue weighted by molar-refractivity contribution is 0.0940. The highest BCUT2D eigenvalue weighted by Gasteiger charge is 2.17. The maximum absolute atomic E-state index is 14.0. The van der Waals surface area contributed by atoms with Crippen molar-refractivity contribution in [2.24, 2.45) is 7.05 Å². The van der Waals surface area contributed by atoms with Gasteiger partial charge in [0.25, 0.3) is 5.91 Å². The molecule has 0 unspecified atom stereocenters. The van der Waals surface area contributed by atoms with Crippen molar-refractivity contribution < 1.29 is 9.18 Å². The summed E-state index contributed by atoms with van der Waals surface area (Å²) in [6.45, 7) is 4.06. The number of carbonyl (C=O) groups excluding carboxylic acids is 1. The number of aryl methyl sites for hydroxylation is 2. The molecule has 200 valence electrons. The first-order chi connectivity index (χ1) is 19.4. The van der Waals surface area contributed by atoms with Crippen LogP contribution in [0.5, 0.6) is 0 Å². The molecule has 6 aromatic rings. The zero-order valence-corrected chi connectivity index (χ0v) is 23.1. The van der Waals surface area contributed by atoms with E-state index in [1.165, 1.54) is 6.07 Å². The second-order valence-corrected chi connectivity index (χ2v) is 11.0. The Hall–Kier alpha value is -4.63. The Labute approximate surface area is 234 Å². The van der Waals surface area contributed by atoms with Gasteiger partial charge in [-0.2, -0.15) is 0 Å². The number of thiophene rings is 1. The predicted octanol–water partition coefficient (Wildman–Crippen LogP) is 6.80. The number of halogens is 1. The lowest BCUT2D eigenvalue weighted by atomic mass is 10.1. The number of benzene rings is 2. The molecular formula is C31H27FN6OS. The maximum atomic E-state index is 14.0. The standard InChI is InChI=1S/C31H27FN6OS/c1-18-6-7-20(14-25(18)32)19(2)37-31(39)23-5-4-12-33-30(23)35-15-22-9-11-28(40-22)21-8-10-26-24(13-21)29-27(16-34-26)36-17-38(29)3/h4-14,16-17,19H,15H2,1-3H3,(H,33,35)(H,37,39)/t19-/m0/s1. The van der Waals surface area contributed by atoms with Gasteiger partial charge in [0, 0.05) is 28.4 Å². The number of imidazole rings is 1. The van der Waals surface area contributed by atoms with Crippen LogP contribution in [0.1, 0.15) is 39.3 Å². The predicted molar refractivity (Wildman–Crippen MR) is 158 cm³/mol. The number of hydrogen-bond acceptors (Lipinski definition) is 6. The Kier molecular flexibility index (Phi) is 6.73. The van der Waals surface area contributed by atoms with Crippen LogP contribution in [0, 0.1) is 12.7 Å². The van der Waals surface area contributed by atoms with Gasteiger partial charge in [-0.05, 0) is 73.0 Å². The summed E-state index contributed by atoms with van der Waals surface area (Å²) in [5, 5.41) is 7.34. The molecule has 0 saturated carbocycles. The number of nitrogens with one attached hydrogen (secondary N) is 2. The van der Waals surface area contributed by atoms with Gasteiger partial charge in [-0.1, -0.05) is 18.2 Å². The smallest absolute Gasteiger partial charge is 0.255 e. The fourth-order valence-electron chi connectivity index (χ4n) is 4.76. The third-order valence-electron chi connectivity index (χ3n) is 7.02. The average molecular weight is 551 g/mol. The van der Waals surface area contributed by atoms with E-state index in [9.17, 15) is 9.18 Å². The van der Waals surface area contributed by atoms with Crippen LogP contribution in [-0.2, 0) is 13.6 Å². The number of rotatable bonds is 7. The van der Waals surface area contributed by atoms with Crippen LogP contribution in [0.3, 0.4) is 0 Å². The quantitative estimate of drug-likeness (QED) is 0.229. The van der Waals surface area contributed by atoms with Gasteiger partial charge in [0.2, 0.25) is 0 Å². The van der Waals surface area contributed by atoms with Crippen molar-refractivity contribution in [2.45, 2.75) is 26.4 Å². The molecule has 4 aromatic heterocycles. The number of nitrogens with zero attached hydrogens (tertiary/aromatic N) is 4. The number of amides is 1. The highest BCUT2D eigenvalue weighted by Crippen LogP contribution is 2.32. The summed E-state index contributed by atoms with van der Waals surface area (Å²) in [5.74, 6) is -0.0712. The van der Waals surface area contributed by atoms with Gasteiger partial charge in [-0.3, -0.25) is 9.78 Å². The number of aromatic nitrogens is 4. The molecule has 4 heterocycles. The van der Waals surface area contributed by atoms with Gasteiger partial charge in [-0.15, -0.1) is 11.3 Å². The summed E-state index contributed by atoms with van der Waals surface area (Å²) in [7, 11) is 1.99. The van der Waals surface area contributed by atoms with E-state index in [0.29, 0.717) is 29.1 Å². The van der Waals surface area contributed by atoms with E-state index >= 15 is 0 Å². The molecule has 9 heteroatoms. The highest BCUT2D eigenvalue weighted by molar-refractivity contribution is 7.15. The summed E-state index contributed by atoms with van der Waals surface area (Å²) >= 11 is 1.68. The topological polar surface area (TPSA) is 84.7 Å². The number of hydrogen-bond donors (Lipinski definition) is 2. The van der Waals surface area contributed by atoms with Crippen molar-refractivity contribution in [1.82, 2.24) is 24.8 Å². The fraction of sp³-hybridized carbons (Fsp3) is 0.161. The summed E-state index contributed by atoms with van der Waals surface area (Å²) in [4.78, 5) is 28.7. The summed E-state index contributed by atoms with van der Waals surface area (Å²) in [6, 6.07) is 18.6. The van der Waals surface area contributed by atoms with Crippen LogP contribution in [0.15, 0.2) is 79.4 Å².